The predicted octanol–water partition coefficient (Wildman–Crippen LogP) is 23.2. The van der Waals surface area contributed by atoms with Crippen molar-refractivity contribution in [3.8, 4) is 0 Å². The van der Waals surface area contributed by atoms with Gasteiger partial charge in [-0.15, -0.1) is 0 Å². The molecule has 0 spiro atoms. The second-order valence-corrected chi connectivity index (χ2v) is 33.0. The van der Waals surface area contributed by atoms with Crippen LogP contribution < -0.4 is 0 Å². The Balaban J connectivity index is 5.18. The molecule has 0 aromatic rings. The molecule has 0 aliphatic heterocycles. The average molecular weight is 1440 g/mol. The molecule has 17 nitrogen and oxygen atoms in total. The molecular formula is C79H154O17P2. The fourth-order valence-corrected chi connectivity index (χ4v) is 13.6. The third-order valence-corrected chi connectivity index (χ3v) is 20.6. The normalized spacial score (nSPS) is 14.3. The van der Waals surface area contributed by atoms with E-state index in [0.29, 0.717) is 31.6 Å². The van der Waals surface area contributed by atoms with Gasteiger partial charge in [0.15, 0.2) is 12.2 Å². The van der Waals surface area contributed by atoms with Crippen molar-refractivity contribution in [2.75, 3.05) is 39.6 Å². The van der Waals surface area contributed by atoms with Crippen LogP contribution >= 0.6 is 15.6 Å². The van der Waals surface area contributed by atoms with Crippen LogP contribution in [0.25, 0.3) is 0 Å². The number of hydrogen-bond donors (Lipinski definition) is 3. The van der Waals surface area contributed by atoms with E-state index in [9.17, 15) is 43.2 Å². The Bertz CT molecular complexity index is 1920. The summed E-state index contributed by atoms with van der Waals surface area (Å²) in [5.41, 5.74) is 0. The van der Waals surface area contributed by atoms with Gasteiger partial charge >= 0.3 is 39.5 Å². The molecule has 3 unspecified atom stereocenters. The van der Waals surface area contributed by atoms with Crippen LogP contribution in [0.2, 0.25) is 0 Å². The summed E-state index contributed by atoms with van der Waals surface area (Å²) in [4.78, 5) is 72.9. The largest absolute Gasteiger partial charge is 0.472 e. The summed E-state index contributed by atoms with van der Waals surface area (Å²) in [7, 11) is -9.92. The number of rotatable bonds is 76. The smallest absolute Gasteiger partial charge is 0.462 e. The second kappa shape index (κ2) is 68.2. The van der Waals surface area contributed by atoms with Gasteiger partial charge in [0.25, 0.3) is 0 Å². The maximum atomic E-state index is 13.1. The van der Waals surface area contributed by atoms with E-state index >= 15 is 0 Å². The van der Waals surface area contributed by atoms with Crippen molar-refractivity contribution in [3.63, 3.8) is 0 Å². The van der Waals surface area contributed by atoms with Gasteiger partial charge in [0.1, 0.15) is 19.3 Å². The summed E-state index contributed by atoms with van der Waals surface area (Å²) in [6, 6.07) is 0. The van der Waals surface area contributed by atoms with E-state index in [4.69, 9.17) is 37.0 Å². The number of carbonyl (C=O) groups excluding carboxylic acids is 4. The van der Waals surface area contributed by atoms with E-state index in [-0.39, 0.29) is 25.7 Å². The van der Waals surface area contributed by atoms with E-state index < -0.39 is 97.5 Å². The summed E-state index contributed by atoms with van der Waals surface area (Å²) < 4.78 is 68.6. The van der Waals surface area contributed by atoms with Crippen LogP contribution in [-0.2, 0) is 65.4 Å². The van der Waals surface area contributed by atoms with Crippen LogP contribution in [0.4, 0.5) is 0 Å². The van der Waals surface area contributed by atoms with Crippen LogP contribution in [-0.4, -0.2) is 96.7 Å². The van der Waals surface area contributed by atoms with Gasteiger partial charge < -0.3 is 33.8 Å². The zero-order valence-electron chi connectivity index (χ0n) is 64.4. The van der Waals surface area contributed by atoms with E-state index in [1.165, 1.54) is 199 Å². The first-order valence-corrected chi connectivity index (χ1v) is 43.7. The molecule has 0 heterocycles. The van der Waals surface area contributed by atoms with Gasteiger partial charge in [0.05, 0.1) is 26.4 Å². The number of esters is 4. The summed E-state index contributed by atoms with van der Waals surface area (Å²) >= 11 is 0. The van der Waals surface area contributed by atoms with Crippen molar-refractivity contribution >= 4 is 39.5 Å². The van der Waals surface area contributed by atoms with Crippen LogP contribution in [0.5, 0.6) is 0 Å². The summed E-state index contributed by atoms with van der Waals surface area (Å²) in [5.74, 6) is 0.951. The van der Waals surface area contributed by atoms with E-state index in [2.05, 4.69) is 55.4 Å². The number of phosphoric acid groups is 2. The molecule has 0 saturated carbocycles. The lowest BCUT2D eigenvalue weighted by molar-refractivity contribution is -0.161. The van der Waals surface area contributed by atoms with Crippen LogP contribution in [0, 0.1) is 23.7 Å². The topological polar surface area (TPSA) is 237 Å². The Kier molecular flexibility index (Phi) is 66.8. The molecule has 19 heteroatoms. The van der Waals surface area contributed by atoms with Crippen molar-refractivity contribution in [1.29, 1.82) is 0 Å². The zero-order chi connectivity index (χ0) is 72.4. The molecule has 0 aromatic heterocycles. The molecule has 0 aromatic carbocycles. The predicted molar refractivity (Wildman–Crippen MR) is 400 cm³/mol. The van der Waals surface area contributed by atoms with Crippen LogP contribution in [0.1, 0.15) is 402 Å². The number of phosphoric ester groups is 2. The van der Waals surface area contributed by atoms with Gasteiger partial charge in [-0.1, -0.05) is 351 Å². The minimum Gasteiger partial charge on any atom is -0.462 e. The quantitative estimate of drug-likeness (QED) is 0.0222. The van der Waals surface area contributed by atoms with Crippen molar-refractivity contribution < 1.29 is 80.2 Å². The Morgan fingerprint density at radius 2 is 0.490 bits per heavy atom. The van der Waals surface area contributed by atoms with Crippen LogP contribution in [0.3, 0.4) is 0 Å². The highest BCUT2D eigenvalue weighted by Crippen LogP contribution is 2.45. The number of hydrogen-bond acceptors (Lipinski definition) is 15. The first kappa shape index (κ1) is 96.1. The number of aliphatic hydroxyl groups is 1. The molecule has 0 fully saturated rings. The fourth-order valence-electron chi connectivity index (χ4n) is 12.0. The van der Waals surface area contributed by atoms with Gasteiger partial charge in [-0.2, -0.15) is 0 Å². The van der Waals surface area contributed by atoms with Crippen molar-refractivity contribution in [2.45, 2.75) is 420 Å². The van der Waals surface area contributed by atoms with Crippen molar-refractivity contribution in [3.05, 3.63) is 0 Å². The lowest BCUT2D eigenvalue weighted by Crippen LogP contribution is -2.30. The highest BCUT2D eigenvalue weighted by molar-refractivity contribution is 7.47. The molecule has 582 valence electrons. The lowest BCUT2D eigenvalue weighted by atomic mass is 9.99. The van der Waals surface area contributed by atoms with E-state index in [1.54, 1.807) is 0 Å². The SMILES string of the molecule is CCC(C)CCCCCCCCCCCCCCCCCCCCC(=O)O[C@H](COC(=O)CCCCCCCCCCCC(C)C)COP(=O)(O)OC[C@@H](O)COP(=O)(O)OC[C@@H](COC(=O)CCCCCCCCC(C)C)OC(=O)CCCCCCCCCCCCCCC(C)C. The third kappa shape index (κ3) is 71.1. The van der Waals surface area contributed by atoms with Gasteiger partial charge in [-0.05, 0) is 49.4 Å². The molecule has 0 radical (unpaired) electrons. The molecular weight excluding hydrogens is 1280 g/mol. The molecule has 0 rings (SSSR count). The number of ether oxygens (including phenoxy) is 4. The first-order chi connectivity index (χ1) is 47.1. The highest BCUT2D eigenvalue weighted by Gasteiger charge is 2.30. The molecule has 0 amide bonds. The van der Waals surface area contributed by atoms with Gasteiger partial charge in [0, 0.05) is 25.7 Å². The zero-order valence-corrected chi connectivity index (χ0v) is 66.2. The maximum absolute atomic E-state index is 13.1. The molecule has 6 atom stereocenters. The first-order valence-electron chi connectivity index (χ1n) is 40.7. The van der Waals surface area contributed by atoms with E-state index in [0.717, 1.165) is 114 Å². The van der Waals surface area contributed by atoms with Crippen molar-refractivity contribution in [1.82, 2.24) is 0 Å². The molecule has 0 aliphatic carbocycles. The average Bonchev–Trinajstić information content (AvgIpc) is 2.07. The van der Waals surface area contributed by atoms with Gasteiger partial charge in [-0.25, -0.2) is 9.13 Å². The highest BCUT2D eigenvalue weighted by atomic mass is 31.2. The Hall–Kier alpha value is -1.94. The monoisotopic (exact) mass is 1440 g/mol. The van der Waals surface area contributed by atoms with Gasteiger partial charge in [0.2, 0.25) is 0 Å². The minimum absolute atomic E-state index is 0.105. The third-order valence-electron chi connectivity index (χ3n) is 18.7. The number of unbranched alkanes of at least 4 members (excludes halogenated alkanes) is 41. The molecule has 0 saturated heterocycles. The minimum atomic E-state index is -4.96. The summed E-state index contributed by atoms with van der Waals surface area (Å²) in [6.07, 6.45) is 54.3. The Morgan fingerprint density at radius 3 is 0.724 bits per heavy atom. The summed E-state index contributed by atoms with van der Waals surface area (Å²) in [5, 5.41) is 10.6. The molecule has 0 aliphatic rings. The maximum Gasteiger partial charge on any atom is 0.472 e. The Labute approximate surface area is 600 Å². The van der Waals surface area contributed by atoms with E-state index in [1.807, 2.05) is 0 Å². The number of aliphatic hydroxyl groups excluding tert-OH is 1. The molecule has 98 heavy (non-hydrogen) atoms. The lowest BCUT2D eigenvalue weighted by Gasteiger charge is -2.21. The summed E-state index contributed by atoms with van der Waals surface area (Å²) in [6.45, 7) is 14.2. The van der Waals surface area contributed by atoms with Crippen LogP contribution in [0.15, 0.2) is 0 Å². The standard InChI is InChI=1S/C79H154O17P2/c1-9-72(8)58-50-42-33-27-21-16-14-12-10-11-13-15-17-22-28-35-45-53-61-78(83)95-74(65-89-76(81)59-51-43-34-30-24-26-32-40-48-56-70(4)5)67-93-97(85,86)91-63-73(80)64-92-98(87,88)94-68-75(66-90-77(82)60-52-44-38-37-41-49-57-71(6)7)96-79(84)62-54-46-36-29-23-19-18-20-25-31-39-47-55-69(2)3/h69-75,80H,9-68H2,1-8H3,(H,85,86)(H,87,88)/t72?,73-,74-,75-/m1/s1. The van der Waals surface area contributed by atoms with Gasteiger partial charge in [-0.3, -0.25) is 37.3 Å². The Morgan fingerprint density at radius 1 is 0.286 bits per heavy atom. The molecule has 3 N–H and O–H groups in total. The fraction of sp³-hybridized carbons (Fsp3) is 0.949. The second-order valence-electron chi connectivity index (χ2n) is 30.1. The van der Waals surface area contributed by atoms with Crippen molar-refractivity contribution in [2.24, 2.45) is 23.7 Å². The number of carbonyl (C=O) groups is 4. The molecule has 0 bridgehead atoms.